The molecule has 5 heteroatoms. The third-order valence-corrected chi connectivity index (χ3v) is 4.11. The summed E-state index contributed by atoms with van der Waals surface area (Å²) in [6, 6.07) is 6.20. The molecule has 0 radical (unpaired) electrons. The van der Waals surface area contributed by atoms with Crippen LogP contribution in [0.4, 0.5) is 0 Å². The second kappa shape index (κ2) is 7.40. The van der Waals surface area contributed by atoms with Crippen molar-refractivity contribution in [1.82, 2.24) is 10.2 Å². The molecule has 1 atom stereocenters. The van der Waals surface area contributed by atoms with Gasteiger partial charge in [0, 0.05) is 33.2 Å². The van der Waals surface area contributed by atoms with E-state index in [0.29, 0.717) is 32.7 Å². The van der Waals surface area contributed by atoms with Crippen molar-refractivity contribution in [3.63, 3.8) is 0 Å². The van der Waals surface area contributed by atoms with Gasteiger partial charge in [0.25, 0.3) is 0 Å². The van der Waals surface area contributed by atoms with Crippen LogP contribution in [-0.2, 0) is 20.9 Å². The summed E-state index contributed by atoms with van der Waals surface area (Å²) in [5, 5.41) is 2.96. The average Bonchev–Trinajstić information content (AvgIpc) is 2.87. The van der Waals surface area contributed by atoms with Crippen molar-refractivity contribution in [2.45, 2.75) is 26.8 Å². The van der Waals surface area contributed by atoms with Crippen LogP contribution in [0.2, 0.25) is 0 Å². The highest BCUT2D eigenvalue weighted by atomic mass is 16.5. The Morgan fingerprint density at radius 3 is 2.91 bits per heavy atom. The summed E-state index contributed by atoms with van der Waals surface area (Å²) in [7, 11) is 1.61. The number of nitrogens with zero attached hydrogens (tertiary/aromatic N) is 1. The Morgan fingerprint density at radius 1 is 1.41 bits per heavy atom. The third-order valence-electron chi connectivity index (χ3n) is 4.11. The number of rotatable bonds is 6. The van der Waals surface area contributed by atoms with E-state index < -0.39 is 0 Å². The van der Waals surface area contributed by atoms with E-state index in [-0.39, 0.29) is 17.7 Å². The lowest BCUT2D eigenvalue weighted by atomic mass is 10.0. The van der Waals surface area contributed by atoms with Crippen LogP contribution in [0.3, 0.4) is 0 Å². The van der Waals surface area contributed by atoms with Crippen molar-refractivity contribution >= 4 is 11.8 Å². The summed E-state index contributed by atoms with van der Waals surface area (Å²) >= 11 is 0. The molecule has 1 saturated heterocycles. The molecule has 120 valence electrons. The Kier molecular flexibility index (Phi) is 5.55. The van der Waals surface area contributed by atoms with Crippen molar-refractivity contribution in [3.05, 3.63) is 34.9 Å². The highest BCUT2D eigenvalue weighted by Gasteiger charge is 2.33. The topological polar surface area (TPSA) is 58.6 Å². The molecule has 1 aromatic carbocycles. The van der Waals surface area contributed by atoms with Crippen molar-refractivity contribution in [1.29, 1.82) is 0 Å². The fourth-order valence-corrected chi connectivity index (χ4v) is 2.68. The Balaban J connectivity index is 1.88. The van der Waals surface area contributed by atoms with Gasteiger partial charge in [0.1, 0.15) is 0 Å². The molecular weight excluding hydrogens is 280 g/mol. The quantitative estimate of drug-likeness (QED) is 0.864. The molecule has 0 aliphatic carbocycles. The Bertz CT molecular complexity index is 557. The molecule has 1 heterocycles. The highest BCUT2D eigenvalue weighted by molar-refractivity contribution is 5.89. The van der Waals surface area contributed by atoms with E-state index in [2.05, 4.69) is 23.5 Å². The van der Waals surface area contributed by atoms with Crippen molar-refractivity contribution in [2.24, 2.45) is 5.92 Å². The fourth-order valence-electron chi connectivity index (χ4n) is 2.68. The number of nitrogens with one attached hydrogen (secondary N) is 1. The molecular formula is C17H24N2O3. The summed E-state index contributed by atoms with van der Waals surface area (Å²) in [4.78, 5) is 25.8. The molecule has 2 amide bonds. The molecule has 0 spiro atoms. The first kappa shape index (κ1) is 16.5. The van der Waals surface area contributed by atoms with E-state index >= 15 is 0 Å². The summed E-state index contributed by atoms with van der Waals surface area (Å²) in [6.45, 7) is 6.12. The fraction of sp³-hybridized carbons (Fsp3) is 0.529. The Labute approximate surface area is 131 Å². The summed E-state index contributed by atoms with van der Waals surface area (Å²) in [5.41, 5.74) is 3.46. The van der Waals surface area contributed by atoms with Gasteiger partial charge in [0.15, 0.2) is 0 Å². The Hall–Kier alpha value is -1.88. The predicted molar refractivity (Wildman–Crippen MR) is 84.3 cm³/mol. The number of hydrogen-bond donors (Lipinski definition) is 1. The van der Waals surface area contributed by atoms with Gasteiger partial charge in [-0.15, -0.1) is 0 Å². The molecule has 0 bridgehead atoms. The van der Waals surface area contributed by atoms with Crippen LogP contribution in [0.25, 0.3) is 0 Å². The molecule has 1 fully saturated rings. The molecule has 1 aromatic rings. The lowest BCUT2D eigenvalue weighted by Gasteiger charge is -2.16. The largest absolute Gasteiger partial charge is 0.383 e. The van der Waals surface area contributed by atoms with Crippen LogP contribution in [0.5, 0.6) is 0 Å². The number of hydrogen-bond acceptors (Lipinski definition) is 3. The average molecular weight is 304 g/mol. The zero-order chi connectivity index (χ0) is 16.1. The molecule has 0 saturated carbocycles. The maximum atomic E-state index is 12.3. The molecule has 1 aliphatic heterocycles. The van der Waals surface area contributed by atoms with E-state index in [0.717, 1.165) is 11.1 Å². The van der Waals surface area contributed by atoms with Crippen LogP contribution in [0.1, 0.15) is 23.1 Å². The number of amides is 2. The first-order valence-corrected chi connectivity index (χ1v) is 7.62. The smallest absolute Gasteiger partial charge is 0.225 e. The molecule has 5 nitrogen and oxygen atoms in total. The number of carbonyl (C=O) groups is 2. The van der Waals surface area contributed by atoms with Gasteiger partial charge >= 0.3 is 0 Å². The van der Waals surface area contributed by atoms with E-state index in [1.165, 1.54) is 5.56 Å². The Morgan fingerprint density at radius 2 is 2.18 bits per heavy atom. The minimum absolute atomic E-state index is 0.0314. The summed E-state index contributed by atoms with van der Waals surface area (Å²) in [5.74, 6) is -0.271. The zero-order valence-corrected chi connectivity index (χ0v) is 13.5. The molecule has 1 N–H and O–H groups in total. The van der Waals surface area contributed by atoms with Gasteiger partial charge in [0.05, 0.1) is 12.5 Å². The monoisotopic (exact) mass is 304 g/mol. The van der Waals surface area contributed by atoms with E-state index in [1.54, 1.807) is 12.0 Å². The van der Waals surface area contributed by atoms with Crippen LogP contribution >= 0.6 is 0 Å². The van der Waals surface area contributed by atoms with Crippen molar-refractivity contribution in [3.8, 4) is 0 Å². The predicted octanol–water partition coefficient (Wildman–Crippen LogP) is 1.41. The normalized spacial score (nSPS) is 17.9. The minimum atomic E-state index is -0.255. The van der Waals surface area contributed by atoms with Gasteiger partial charge in [-0.1, -0.05) is 23.8 Å². The molecule has 0 unspecified atom stereocenters. The second-order valence-corrected chi connectivity index (χ2v) is 5.88. The standard InChI is InChI=1S/C17H24N2O3/c1-12-4-5-13(2)14(8-12)10-18-17(21)15-9-16(20)19(11-15)6-7-22-3/h4-5,8,15H,6-7,9-11H2,1-3H3,(H,18,21)/t15-/m1/s1. The first-order chi connectivity index (χ1) is 10.5. The van der Waals surface area contributed by atoms with E-state index in [4.69, 9.17) is 4.74 Å². The highest BCUT2D eigenvalue weighted by Crippen LogP contribution is 2.18. The zero-order valence-electron chi connectivity index (χ0n) is 13.5. The van der Waals surface area contributed by atoms with Crippen LogP contribution in [-0.4, -0.2) is 43.5 Å². The molecule has 0 aromatic heterocycles. The van der Waals surface area contributed by atoms with Gasteiger partial charge in [-0.3, -0.25) is 9.59 Å². The molecule has 22 heavy (non-hydrogen) atoms. The lowest BCUT2D eigenvalue weighted by molar-refractivity contribution is -0.129. The van der Waals surface area contributed by atoms with Gasteiger partial charge < -0.3 is 15.0 Å². The number of ether oxygens (including phenoxy) is 1. The number of methoxy groups -OCH3 is 1. The number of likely N-dealkylation sites (tertiary alicyclic amines) is 1. The number of benzene rings is 1. The SMILES string of the molecule is COCCN1C[C@H](C(=O)NCc2cc(C)ccc2C)CC1=O. The summed E-state index contributed by atoms with van der Waals surface area (Å²) in [6.07, 6.45) is 0.294. The third kappa shape index (κ3) is 4.07. The maximum Gasteiger partial charge on any atom is 0.225 e. The van der Waals surface area contributed by atoms with Crippen LogP contribution in [0, 0.1) is 19.8 Å². The van der Waals surface area contributed by atoms with Gasteiger partial charge in [-0.25, -0.2) is 0 Å². The van der Waals surface area contributed by atoms with Gasteiger partial charge in [0.2, 0.25) is 11.8 Å². The maximum absolute atomic E-state index is 12.3. The van der Waals surface area contributed by atoms with Gasteiger partial charge in [-0.05, 0) is 25.0 Å². The lowest BCUT2D eigenvalue weighted by Crippen LogP contribution is -2.33. The van der Waals surface area contributed by atoms with Crippen molar-refractivity contribution < 1.29 is 14.3 Å². The van der Waals surface area contributed by atoms with Gasteiger partial charge in [-0.2, -0.15) is 0 Å². The number of aryl methyl sites for hydroxylation is 2. The van der Waals surface area contributed by atoms with E-state index in [1.807, 2.05) is 13.8 Å². The molecule has 1 aliphatic rings. The van der Waals surface area contributed by atoms with E-state index in [9.17, 15) is 9.59 Å². The molecule has 2 rings (SSSR count). The van der Waals surface area contributed by atoms with Crippen LogP contribution < -0.4 is 5.32 Å². The van der Waals surface area contributed by atoms with Crippen molar-refractivity contribution in [2.75, 3.05) is 26.8 Å². The summed E-state index contributed by atoms with van der Waals surface area (Å²) < 4.78 is 4.98. The first-order valence-electron chi connectivity index (χ1n) is 7.62. The van der Waals surface area contributed by atoms with Crippen LogP contribution in [0.15, 0.2) is 18.2 Å². The number of carbonyl (C=O) groups excluding carboxylic acids is 2. The second-order valence-electron chi connectivity index (χ2n) is 5.88. The minimum Gasteiger partial charge on any atom is -0.383 e.